The molecule has 134 valence electrons. The molecule has 1 N–H and O–H groups in total. The molecule has 1 unspecified atom stereocenters. The van der Waals surface area contributed by atoms with E-state index in [1.807, 2.05) is 54.6 Å². The van der Waals surface area contributed by atoms with Crippen LogP contribution in [-0.4, -0.2) is 38.4 Å². The molecule has 6 nitrogen and oxygen atoms in total. The van der Waals surface area contributed by atoms with E-state index in [1.165, 1.54) is 12.5 Å². The smallest absolute Gasteiger partial charge is 0.312 e. The number of amides is 1. The number of benzene rings is 2. The van der Waals surface area contributed by atoms with E-state index >= 15 is 0 Å². The quantitative estimate of drug-likeness (QED) is 0.777. The van der Waals surface area contributed by atoms with E-state index in [-0.39, 0.29) is 12.5 Å². The molecule has 1 aliphatic heterocycles. The summed E-state index contributed by atoms with van der Waals surface area (Å²) in [5, 5.41) is 9.63. The van der Waals surface area contributed by atoms with Crippen molar-refractivity contribution in [1.82, 2.24) is 14.9 Å². The van der Waals surface area contributed by atoms with Gasteiger partial charge in [-0.3, -0.25) is 9.59 Å². The fourth-order valence-corrected chi connectivity index (χ4v) is 3.46. The summed E-state index contributed by atoms with van der Waals surface area (Å²) in [4.78, 5) is 34.8. The zero-order valence-electron chi connectivity index (χ0n) is 14.4. The molecule has 2 heterocycles. The topological polar surface area (TPSA) is 83.4 Å². The van der Waals surface area contributed by atoms with Gasteiger partial charge in [0.25, 0.3) is 5.91 Å². The first-order valence-electron chi connectivity index (χ1n) is 8.60. The van der Waals surface area contributed by atoms with Crippen LogP contribution in [0.15, 0.2) is 67.1 Å². The number of carboxylic acid groups (broad SMARTS) is 1. The standard InChI is InChI=1S/C21H17N3O3/c25-20(17-10-22-13-23-19(17)14-6-2-1-3-7-14)24-11-15-8-4-5-9-16(15)18(12-24)21(26)27/h1-10,13,18H,11-12H2,(H,26,27). The second kappa shape index (κ2) is 6.99. The number of hydrogen-bond donors (Lipinski definition) is 1. The Morgan fingerprint density at radius 3 is 2.56 bits per heavy atom. The average Bonchev–Trinajstić information content (AvgIpc) is 2.73. The second-order valence-corrected chi connectivity index (χ2v) is 6.43. The Labute approximate surface area is 156 Å². The van der Waals surface area contributed by atoms with Crippen molar-refractivity contribution in [1.29, 1.82) is 0 Å². The van der Waals surface area contributed by atoms with Gasteiger partial charge in [-0.1, -0.05) is 54.6 Å². The number of carbonyl (C=O) groups excluding carboxylic acids is 1. The molecule has 1 atom stereocenters. The molecule has 0 bridgehead atoms. The van der Waals surface area contributed by atoms with Crippen LogP contribution in [0.4, 0.5) is 0 Å². The van der Waals surface area contributed by atoms with Crippen LogP contribution in [0, 0.1) is 0 Å². The van der Waals surface area contributed by atoms with Crippen LogP contribution in [0.1, 0.15) is 27.4 Å². The predicted octanol–water partition coefficient (Wildman–Crippen LogP) is 2.97. The number of nitrogens with zero attached hydrogens (tertiary/aromatic N) is 3. The minimum atomic E-state index is -0.937. The highest BCUT2D eigenvalue weighted by atomic mass is 16.4. The van der Waals surface area contributed by atoms with Crippen molar-refractivity contribution in [2.75, 3.05) is 6.54 Å². The van der Waals surface area contributed by atoms with E-state index in [4.69, 9.17) is 0 Å². The molecular formula is C21H17N3O3. The molecular weight excluding hydrogens is 342 g/mol. The number of carboxylic acids is 1. The van der Waals surface area contributed by atoms with Crippen molar-refractivity contribution in [3.63, 3.8) is 0 Å². The van der Waals surface area contributed by atoms with Crippen LogP contribution < -0.4 is 0 Å². The average molecular weight is 359 g/mol. The van der Waals surface area contributed by atoms with Crippen molar-refractivity contribution in [3.05, 3.63) is 83.8 Å². The Bertz CT molecular complexity index is 1000. The van der Waals surface area contributed by atoms with Crippen LogP contribution in [0.2, 0.25) is 0 Å². The first-order valence-corrected chi connectivity index (χ1v) is 8.60. The van der Waals surface area contributed by atoms with E-state index < -0.39 is 11.9 Å². The lowest BCUT2D eigenvalue weighted by atomic mass is 9.89. The highest BCUT2D eigenvalue weighted by Crippen LogP contribution is 2.30. The highest BCUT2D eigenvalue weighted by Gasteiger charge is 2.33. The number of aromatic nitrogens is 2. The van der Waals surface area contributed by atoms with Crippen molar-refractivity contribution >= 4 is 11.9 Å². The molecule has 0 radical (unpaired) electrons. The molecule has 2 aromatic carbocycles. The maximum atomic E-state index is 13.2. The summed E-state index contributed by atoms with van der Waals surface area (Å²) in [6, 6.07) is 16.8. The zero-order valence-corrected chi connectivity index (χ0v) is 14.4. The van der Waals surface area contributed by atoms with Crippen LogP contribution in [-0.2, 0) is 11.3 Å². The molecule has 0 aliphatic carbocycles. The zero-order chi connectivity index (χ0) is 18.8. The Hall–Kier alpha value is -3.54. The number of carbonyl (C=O) groups is 2. The number of fused-ring (bicyclic) bond motifs is 1. The second-order valence-electron chi connectivity index (χ2n) is 6.43. The molecule has 1 aliphatic rings. The van der Waals surface area contributed by atoms with E-state index in [1.54, 1.807) is 4.90 Å². The summed E-state index contributed by atoms with van der Waals surface area (Å²) >= 11 is 0. The summed E-state index contributed by atoms with van der Waals surface area (Å²) in [7, 11) is 0. The Morgan fingerprint density at radius 1 is 1.04 bits per heavy atom. The van der Waals surface area contributed by atoms with Crippen molar-refractivity contribution < 1.29 is 14.7 Å². The molecule has 27 heavy (non-hydrogen) atoms. The number of rotatable bonds is 3. The molecule has 0 saturated heterocycles. The van der Waals surface area contributed by atoms with Gasteiger partial charge in [0, 0.05) is 24.8 Å². The molecule has 1 aromatic heterocycles. The first kappa shape index (κ1) is 16.9. The maximum absolute atomic E-state index is 13.2. The normalized spacial score (nSPS) is 15.9. The summed E-state index contributed by atoms with van der Waals surface area (Å²) in [6.45, 7) is 0.482. The lowest BCUT2D eigenvalue weighted by molar-refractivity contribution is -0.139. The van der Waals surface area contributed by atoms with Gasteiger partial charge in [0.2, 0.25) is 0 Å². The SMILES string of the molecule is O=C(O)C1CN(C(=O)c2cncnc2-c2ccccc2)Cc2ccccc21. The fourth-order valence-electron chi connectivity index (χ4n) is 3.46. The molecule has 6 heteroatoms. The summed E-state index contributed by atoms with van der Waals surface area (Å²) in [5.74, 6) is -1.95. The third-order valence-corrected chi connectivity index (χ3v) is 4.77. The van der Waals surface area contributed by atoms with Crippen LogP contribution in [0.25, 0.3) is 11.3 Å². The van der Waals surface area contributed by atoms with Gasteiger partial charge in [-0.05, 0) is 11.1 Å². The van der Waals surface area contributed by atoms with Gasteiger partial charge in [-0.15, -0.1) is 0 Å². The van der Waals surface area contributed by atoms with Gasteiger partial charge in [0.05, 0.1) is 17.2 Å². The van der Waals surface area contributed by atoms with Gasteiger partial charge >= 0.3 is 5.97 Å². The molecule has 0 saturated carbocycles. The fraction of sp³-hybridized carbons (Fsp3) is 0.143. The van der Waals surface area contributed by atoms with Gasteiger partial charge in [-0.2, -0.15) is 0 Å². The van der Waals surface area contributed by atoms with Crippen LogP contribution in [0.3, 0.4) is 0 Å². The van der Waals surface area contributed by atoms with E-state index in [0.29, 0.717) is 17.8 Å². The minimum absolute atomic E-state index is 0.119. The van der Waals surface area contributed by atoms with E-state index in [9.17, 15) is 14.7 Å². The minimum Gasteiger partial charge on any atom is -0.481 e. The first-order chi connectivity index (χ1) is 13.1. The number of aliphatic carboxylic acids is 1. The largest absolute Gasteiger partial charge is 0.481 e. The molecule has 0 fully saturated rings. The molecule has 0 spiro atoms. The van der Waals surface area contributed by atoms with Crippen molar-refractivity contribution in [2.24, 2.45) is 0 Å². The third-order valence-electron chi connectivity index (χ3n) is 4.77. The summed E-state index contributed by atoms with van der Waals surface area (Å²) in [5.41, 5.74) is 3.34. The lowest BCUT2D eigenvalue weighted by Crippen LogP contribution is -2.40. The van der Waals surface area contributed by atoms with Gasteiger partial charge in [0.15, 0.2) is 0 Å². The maximum Gasteiger partial charge on any atom is 0.312 e. The van der Waals surface area contributed by atoms with Crippen LogP contribution in [0.5, 0.6) is 0 Å². The van der Waals surface area contributed by atoms with Crippen LogP contribution >= 0.6 is 0 Å². The van der Waals surface area contributed by atoms with Gasteiger partial charge in [-0.25, -0.2) is 9.97 Å². The Balaban J connectivity index is 1.72. The van der Waals surface area contributed by atoms with Crippen molar-refractivity contribution in [3.8, 4) is 11.3 Å². The van der Waals surface area contributed by atoms with Crippen molar-refractivity contribution in [2.45, 2.75) is 12.5 Å². The lowest BCUT2D eigenvalue weighted by Gasteiger charge is -2.33. The van der Waals surface area contributed by atoms with E-state index in [0.717, 1.165) is 16.7 Å². The van der Waals surface area contributed by atoms with Gasteiger partial charge in [0.1, 0.15) is 6.33 Å². The number of hydrogen-bond acceptors (Lipinski definition) is 4. The Kier molecular flexibility index (Phi) is 4.38. The van der Waals surface area contributed by atoms with E-state index in [2.05, 4.69) is 9.97 Å². The summed E-state index contributed by atoms with van der Waals surface area (Å²) in [6.07, 6.45) is 2.90. The predicted molar refractivity (Wildman–Crippen MR) is 99.0 cm³/mol. The molecule has 1 amide bonds. The van der Waals surface area contributed by atoms with Gasteiger partial charge < -0.3 is 10.0 Å². The molecule has 4 rings (SSSR count). The summed E-state index contributed by atoms with van der Waals surface area (Å²) < 4.78 is 0. The monoisotopic (exact) mass is 359 g/mol. The third kappa shape index (κ3) is 3.17. The Morgan fingerprint density at radius 2 is 1.78 bits per heavy atom. The molecule has 3 aromatic rings. The highest BCUT2D eigenvalue weighted by molar-refractivity contribution is 6.00.